The van der Waals surface area contributed by atoms with Crippen LogP contribution >= 0.6 is 0 Å². The highest BCUT2D eigenvalue weighted by atomic mass is 15.0. The summed E-state index contributed by atoms with van der Waals surface area (Å²) in [6, 6.07) is 155. The van der Waals surface area contributed by atoms with Crippen LogP contribution in [0.4, 0.5) is 0 Å². The Bertz CT molecular complexity index is 7250. The molecule has 0 N–H and O–H groups in total. The van der Waals surface area contributed by atoms with E-state index in [2.05, 4.69) is 443 Å². The van der Waals surface area contributed by atoms with Gasteiger partial charge in [-0.2, -0.15) is 0 Å². The van der Waals surface area contributed by atoms with Gasteiger partial charge in [0, 0.05) is 65.5 Å². The van der Waals surface area contributed by atoms with Crippen molar-refractivity contribution < 1.29 is 0 Å². The highest BCUT2D eigenvalue weighted by molar-refractivity contribution is 6.16. The second kappa shape index (κ2) is 26.8. The quantitative estimate of drug-likeness (QED) is 0.123. The van der Waals surface area contributed by atoms with E-state index in [4.69, 9.17) is 0 Å². The third-order valence-corrected chi connectivity index (χ3v) is 22.4. The third kappa shape index (κ3) is 11.0. The lowest BCUT2D eigenvalue weighted by Gasteiger charge is -2.15. The molecule has 0 aliphatic carbocycles. The monoisotopic (exact) mass is 1400 g/mol. The molecule has 18 aromatic carbocycles. The van der Waals surface area contributed by atoms with Gasteiger partial charge < -0.3 is 18.3 Å². The lowest BCUT2D eigenvalue weighted by Crippen LogP contribution is -1.96. The van der Waals surface area contributed by atoms with Crippen LogP contribution in [0.15, 0.2) is 425 Å². The summed E-state index contributed by atoms with van der Waals surface area (Å²) in [5, 5.41) is 12.5. The molecule has 4 nitrogen and oxygen atoms in total. The maximum Gasteiger partial charge on any atom is 0.0541 e. The zero-order valence-electron chi connectivity index (χ0n) is 60.2. The second-order valence-corrected chi connectivity index (χ2v) is 28.7. The first-order chi connectivity index (χ1) is 54.6. The van der Waals surface area contributed by atoms with E-state index >= 15 is 0 Å². The first kappa shape index (κ1) is 63.9. The van der Waals surface area contributed by atoms with Crippen molar-refractivity contribution in [3.05, 3.63) is 425 Å². The van der Waals surface area contributed by atoms with Crippen LogP contribution < -0.4 is 0 Å². The Hall–Kier alpha value is -14.6. The summed E-state index contributed by atoms with van der Waals surface area (Å²) in [6.45, 7) is 0. The molecule has 0 aliphatic heterocycles. The number of para-hydroxylation sites is 4. The summed E-state index contributed by atoms with van der Waals surface area (Å²) in [6.07, 6.45) is 0. The topological polar surface area (TPSA) is 19.7 Å². The molecule has 0 spiro atoms. The van der Waals surface area contributed by atoms with Gasteiger partial charge in [-0.25, -0.2) is 0 Å². The molecule has 514 valence electrons. The molecular formula is C106H70N4. The normalized spacial score (nSPS) is 11.6. The van der Waals surface area contributed by atoms with Crippen molar-refractivity contribution in [2.75, 3.05) is 0 Å². The molecular weight excluding hydrogens is 1330 g/mol. The molecule has 0 radical (unpaired) electrons. The Morgan fingerprint density at radius 1 is 0.118 bits per heavy atom. The number of aromatic nitrogens is 4. The fourth-order valence-electron chi connectivity index (χ4n) is 17.3. The number of fused-ring (bicyclic) bond motifs is 13. The highest BCUT2D eigenvalue weighted by Crippen LogP contribution is 2.44. The number of rotatable bonds is 11. The van der Waals surface area contributed by atoms with Crippen LogP contribution in [0.1, 0.15) is 0 Å². The van der Waals surface area contributed by atoms with Gasteiger partial charge in [0.1, 0.15) is 0 Å². The van der Waals surface area contributed by atoms with Gasteiger partial charge in [0.15, 0.2) is 0 Å². The standard InChI is InChI=1S/C54H36N2.C52H34N2/c1-4-15-37(16-5-1)40-21-14-22-45(32-40)55-51-25-12-10-23-47(51)49-35-41(27-29-53(49)55)42-28-30-54-50(36-42)48-24-11-13-26-52(48)56(54)46-33-43(38-17-6-2-7-18-38)31-44(34-46)39-19-8-3-9-20-39;1-3-14-35(15-4-1)37-18-13-19-40(32-37)53-48-24-11-9-22-44(48)46-33-38(26-29-51(46)53)39-27-30-52-47(34-39)45-23-10-12-25-49(45)54(52)50-31-28-41(36-16-5-2-6-17-36)42-20-7-8-21-43(42)50/h1-36H;1-34H. The van der Waals surface area contributed by atoms with E-state index < -0.39 is 0 Å². The van der Waals surface area contributed by atoms with Crippen molar-refractivity contribution in [3.8, 4) is 101 Å². The minimum atomic E-state index is 1.15. The zero-order chi connectivity index (χ0) is 72.6. The maximum absolute atomic E-state index is 2.45. The van der Waals surface area contributed by atoms with E-state index in [0.29, 0.717) is 0 Å². The van der Waals surface area contributed by atoms with Crippen LogP contribution in [0.5, 0.6) is 0 Å². The van der Waals surface area contributed by atoms with E-state index in [1.54, 1.807) is 0 Å². The van der Waals surface area contributed by atoms with Crippen molar-refractivity contribution in [2.24, 2.45) is 0 Å². The Balaban J connectivity index is 0.000000140. The van der Waals surface area contributed by atoms with Crippen LogP contribution in [-0.2, 0) is 0 Å². The Kier molecular flexibility index (Phi) is 15.5. The summed E-state index contributed by atoms with van der Waals surface area (Å²) in [5.74, 6) is 0. The highest BCUT2D eigenvalue weighted by Gasteiger charge is 2.22. The number of hydrogen-bond donors (Lipinski definition) is 0. The Morgan fingerprint density at radius 3 is 0.764 bits per heavy atom. The summed E-state index contributed by atoms with van der Waals surface area (Å²) in [5.41, 5.74) is 31.2. The smallest absolute Gasteiger partial charge is 0.0541 e. The van der Waals surface area contributed by atoms with Crippen LogP contribution in [0.2, 0.25) is 0 Å². The minimum Gasteiger partial charge on any atom is -0.309 e. The number of hydrogen-bond acceptors (Lipinski definition) is 0. The van der Waals surface area contributed by atoms with Crippen molar-refractivity contribution in [3.63, 3.8) is 0 Å². The fourth-order valence-corrected chi connectivity index (χ4v) is 17.3. The fraction of sp³-hybridized carbons (Fsp3) is 0. The predicted octanol–water partition coefficient (Wildman–Crippen LogP) is 28.6. The van der Waals surface area contributed by atoms with Gasteiger partial charge in [0.2, 0.25) is 0 Å². The molecule has 0 atom stereocenters. The summed E-state index contributed by atoms with van der Waals surface area (Å²) in [7, 11) is 0. The Morgan fingerprint density at radius 2 is 0.382 bits per heavy atom. The van der Waals surface area contributed by atoms with Gasteiger partial charge in [-0.1, -0.05) is 303 Å². The molecule has 4 heteroatoms. The SMILES string of the molecule is c1ccc(-c2cccc(-n3c4ccccc4c4cc(-c5ccc6c(c5)c5ccccc5n6-c5cc(-c6ccccc6)cc(-c6ccccc6)c5)ccc43)c2)cc1.c1ccc(-c2cccc(-n3c4ccccc4c4cc(-c5ccc6c(c5)c5ccccc5n6-c5ccc(-c6ccccc6)c6ccccc56)ccc43)c2)cc1. The van der Waals surface area contributed by atoms with Gasteiger partial charge in [-0.15, -0.1) is 0 Å². The van der Waals surface area contributed by atoms with Crippen LogP contribution in [0.3, 0.4) is 0 Å². The summed E-state index contributed by atoms with van der Waals surface area (Å²) >= 11 is 0. The largest absolute Gasteiger partial charge is 0.309 e. The first-order valence-electron chi connectivity index (χ1n) is 37.9. The molecule has 110 heavy (non-hydrogen) atoms. The van der Waals surface area contributed by atoms with Gasteiger partial charge >= 0.3 is 0 Å². The molecule has 22 aromatic rings. The van der Waals surface area contributed by atoms with Crippen molar-refractivity contribution >= 4 is 98.0 Å². The summed E-state index contributed by atoms with van der Waals surface area (Å²) in [4.78, 5) is 0. The van der Waals surface area contributed by atoms with E-state index in [1.807, 2.05) is 0 Å². The maximum atomic E-state index is 2.45. The number of benzene rings is 18. The molecule has 4 aromatic heterocycles. The molecule has 0 bridgehead atoms. The van der Waals surface area contributed by atoms with Gasteiger partial charge in [0.05, 0.1) is 49.8 Å². The average Bonchev–Trinajstić information content (AvgIpc) is 1.59. The average molecular weight is 1400 g/mol. The molecule has 0 fully saturated rings. The molecule has 0 amide bonds. The predicted molar refractivity (Wildman–Crippen MR) is 466 cm³/mol. The molecule has 22 rings (SSSR count). The second-order valence-electron chi connectivity index (χ2n) is 28.7. The van der Waals surface area contributed by atoms with E-state index in [1.165, 1.54) is 182 Å². The third-order valence-electron chi connectivity index (χ3n) is 22.4. The molecule has 0 aliphatic rings. The zero-order valence-corrected chi connectivity index (χ0v) is 60.2. The van der Waals surface area contributed by atoms with E-state index in [9.17, 15) is 0 Å². The summed E-state index contributed by atoms with van der Waals surface area (Å²) < 4.78 is 9.70. The van der Waals surface area contributed by atoms with Gasteiger partial charge in [-0.3, -0.25) is 0 Å². The van der Waals surface area contributed by atoms with Gasteiger partial charge in [-0.05, 0) is 205 Å². The lowest BCUT2D eigenvalue weighted by molar-refractivity contribution is 1.18. The minimum absolute atomic E-state index is 1.15. The van der Waals surface area contributed by atoms with Gasteiger partial charge in [0.25, 0.3) is 0 Å². The van der Waals surface area contributed by atoms with Crippen LogP contribution in [0, 0.1) is 0 Å². The number of nitrogens with zero attached hydrogens (tertiary/aromatic N) is 4. The molecule has 0 saturated heterocycles. The van der Waals surface area contributed by atoms with Crippen molar-refractivity contribution in [1.29, 1.82) is 0 Å². The first-order valence-corrected chi connectivity index (χ1v) is 37.9. The van der Waals surface area contributed by atoms with Crippen molar-refractivity contribution in [2.45, 2.75) is 0 Å². The van der Waals surface area contributed by atoms with Crippen LogP contribution in [0.25, 0.3) is 199 Å². The molecule has 0 unspecified atom stereocenters. The Labute approximate surface area is 637 Å². The lowest BCUT2D eigenvalue weighted by atomic mass is 9.97. The molecule has 0 saturated carbocycles. The van der Waals surface area contributed by atoms with Crippen molar-refractivity contribution in [1.82, 2.24) is 18.3 Å². The molecule has 4 heterocycles. The van der Waals surface area contributed by atoms with Crippen LogP contribution in [-0.4, -0.2) is 18.3 Å². The van der Waals surface area contributed by atoms with E-state index in [0.717, 1.165) is 17.1 Å². The van der Waals surface area contributed by atoms with E-state index in [-0.39, 0.29) is 0 Å².